The number of rotatable bonds is 8. The Kier molecular flexibility index (Phi) is 7.04. The summed E-state index contributed by atoms with van der Waals surface area (Å²) < 4.78 is 11.2. The molecule has 0 aliphatic heterocycles. The molecule has 0 bridgehead atoms. The first kappa shape index (κ1) is 16.5. The lowest BCUT2D eigenvalue weighted by Crippen LogP contribution is -2.30. The molecular formula is C15H24N2O3. The van der Waals surface area contributed by atoms with Gasteiger partial charge in [-0.1, -0.05) is 26.0 Å². The Morgan fingerprint density at radius 3 is 2.60 bits per heavy atom. The summed E-state index contributed by atoms with van der Waals surface area (Å²) in [6, 6.07) is 6.98. The molecule has 0 aromatic heterocycles. The average Bonchev–Trinajstić information content (AvgIpc) is 2.42. The molecule has 1 rings (SSSR count). The summed E-state index contributed by atoms with van der Waals surface area (Å²) in [5.74, 6) is 5.89. The molecule has 0 aliphatic carbocycles. The highest BCUT2D eigenvalue weighted by Gasteiger charge is 2.10. The highest BCUT2D eigenvalue weighted by atomic mass is 16.5. The van der Waals surface area contributed by atoms with E-state index in [4.69, 9.17) is 15.3 Å². The van der Waals surface area contributed by atoms with Crippen LogP contribution in [0.2, 0.25) is 0 Å². The number of nitrogens with two attached hydrogens (primary N) is 1. The lowest BCUT2D eigenvalue weighted by Gasteiger charge is -2.16. The predicted octanol–water partition coefficient (Wildman–Crippen LogP) is 2.12. The van der Waals surface area contributed by atoms with E-state index >= 15 is 0 Å². The number of carbonyl (C=O) groups is 1. The molecule has 1 amide bonds. The minimum atomic E-state index is -0.366. The second-order valence-corrected chi connectivity index (χ2v) is 5.13. The molecule has 20 heavy (non-hydrogen) atoms. The molecule has 0 fully saturated rings. The van der Waals surface area contributed by atoms with Crippen molar-refractivity contribution in [1.82, 2.24) is 5.43 Å². The van der Waals surface area contributed by atoms with Gasteiger partial charge in [0.25, 0.3) is 5.91 Å². The Hall–Kier alpha value is -1.59. The maximum atomic E-state index is 11.5. The maximum Gasteiger partial charge on any atom is 0.268 e. The van der Waals surface area contributed by atoms with Crippen molar-refractivity contribution in [2.45, 2.75) is 33.3 Å². The summed E-state index contributed by atoms with van der Waals surface area (Å²) in [6.45, 7) is 7.27. The van der Waals surface area contributed by atoms with E-state index in [1.165, 1.54) is 0 Å². The molecule has 0 aliphatic rings. The zero-order chi connectivity index (χ0) is 15.0. The van der Waals surface area contributed by atoms with Gasteiger partial charge in [0.2, 0.25) is 0 Å². The van der Waals surface area contributed by atoms with Crippen LogP contribution in [0.15, 0.2) is 24.3 Å². The molecule has 1 aromatic carbocycles. The summed E-state index contributed by atoms with van der Waals surface area (Å²) >= 11 is 0. The minimum Gasteiger partial charge on any atom is -0.490 e. The van der Waals surface area contributed by atoms with Gasteiger partial charge in [-0.05, 0) is 31.4 Å². The minimum absolute atomic E-state index is 0.209. The number of amides is 1. The lowest BCUT2D eigenvalue weighted by molar-refractivity contribution is 0.0329. The molecule has 1 atom stereocenters. The van der Waals surface area contributed by atoms with Gasteiger partial charge in [0.05, 0.1) is 18.3 Å². The van der Waals surface area contributed by atoms with E-state index in [-0.39, 0.29) is 12.0 Å². The van der Waals surface area contributed by atoms with Crippen LogP contribution < -0.4 is 16.0 Å². The highest BCUT2D eigenvalue weighted by Crippen LogP contribution is 2.17. The van der Waals surface area contributed by atoms with E-state index in [1.54, 1.807) is 18.2 Å². The Bertz CT molecular complexity index is 421. The number of hydrogen-bond acceptors (Lipinski definition) is 4. The fourth-order valence-corrected chi connectivity index (χ4v) is 1.99. The Balaban J connectivity index is 2.41. The molecule has 0 heterocycles. The van der Waals surface area contributed by atoms with Gasteiger partial charge in [0.15, 0.2) is 0 Å². The number of hydrogen-bond donors (Lipinski definition) is 2. The van der Waals surface area contributed by atoms with Crippen molar-refractivity contribution in [3.8, 4) is 5.75 Å². The molecule has 1 unspecified atom stereocenters. The summed E-state index contributed by atoms with van der Waals surface area (Å²) in [7, 11) is 0. The van der Waals surface area contributed by atoms with Crippen molar-refractivity contribution >= 4 is 5.91 Å². The largest absolute Gasteiger partial charge is 0.490 e. The number of benzene rings is 1. The van der Waals surface area contributed by atoms with E-state index in [0.29, 0.717) is 30.4 Å². The van der Waals surface area contributed by atoms with Crippen LogP contribution in [0, 0.1) is 5.92 Å². The molecule has 0 saturated carbocycles. The number of nitrogens with one attached hydrogen (secondary N) is 1. The van der Waals surface area contributed by atoms with Gasteiger partial charge >= 0.3 is 0 Å². The summed E-state index contributed by atoms with van der Waals surface area (Å²) in [6.07, 6.45) is 1.23. The molecule has 0 spiro atoms. The zero-order valence-corrected chi connectivity index (χ0v) is 12.4. The maximum absolute atomic E-state index is 11.5. The topological polar surface area (TPSA) is 73.6 Å². The van der Waals surface area contributed by atoms with Crippen LogP contribution in [0.5, 0.6) is 5.75 Å². The van der Waals surface area contributed by atoms with Crippen LogP contribution >= 0.6 is 0 Å². The molecule has 3 N–H and O–H groups in total. The first-order chi connectivity index (χ1) is 9.54. The van der Waals surface area contributed by atoms with Gasteiger partial charge in [0, 0.05) is 0 Å². The molecule has 0 saturated heterocycles. The predicted molar refractivity (Wildman–Crippen MR) is 78.5 cm³/mol. The summed E-state index contributed by atoms with van der Waals surface area (Å²) in [5, 5.41) is 0. The number of ether oxygens (including phenoxy) is 2. The quantitative estimate of drug-likeness (QED) is 0.331. The highest BCUT2D eigenvalue weighted by molar-refractivity contribution is 5.96. The van der Waals surface area contributed by atoms with Gasteiger partial charge in [-0.25, -0.2) is 5.84 Å². The second kappa shape index (κ2) is 8.55. The smallest absolute Gasteiger partial charge is 0.268 e. The van der Waals surface area contributed by atoms with Gasteiger partial charge in [-0.15, -0.1) is 0 Å². The standard InChI is InChI=1S/C15H24N2O3/c1-11(2)10-12(3)19-8-9-20-14-7-5-4-6-13(14)15(18)17-16/h4-7,11-12H,8-10,16H2,1-3H3,(H,17,18). The summed E-state index contributed by atoms with van der Waals surface area (Å²) in [4.78, 5) is 11.5. The molecule has 1 aromatic rings. The van der Waals surface area contributed by atoms with Crippen LogP contribution in [0.4, 0.5) is 0 Å². The third-order valence-electron chi connectivity index (χ3n) is 2.81. The van der Waals surface area contributed by atoms with Crippen molar-refractivity contribution in [2.24, 2.45) is 11.8 Å². The molecule has 0 radical (unpaired) electrons. The van der Waals surface area contributed by atoms with Crippen LogP contribution in [0.25, 0.3) is 0 Å². The van der Waals surface area contributed by atoms with E-state index in [2.05, 4.69) is 26.2 Å². The van der Waals surface area contributed by atoms with E-state index in [9.17, 15) is 4.79 Å². The number of nitrogen functional groups attached to an aromatic ring is 1. The first-order valence-corrected chi connectivity index (χ1v) is 6.89. The van der Waals surface area contributed by atoms with Crippen molar-refractivity contribution in [1.29, 1.82) is 0 Å². The molecular weight excluding hydrogens is 256 g/mol. The van der Waals surface area contributed by atoms with Crippen molar-refractivity contribution in [3.63, 3.8) is 0 Å². The van der Waals surface area contributed by atoms with Crippen molar-refractivity contribution in [3.05, 3.63) is 29.8 Å². The fourth-order valence-electron chi connectivity index (χ4n) is 1.99. The van der Waals surface area contributed by atoms with Gasteiger partial charge < -0.3 is 9.47 Å². The number of hydrazine groups is 1. The van der Waals surface area contributed by atoms with Crippen molar-refractivity contribution in [2.75, 3.05) is 13.2 Å². The number of carbonyl (C=O) groups excluding carboxylic acids is 1. The molecule has 5 heteroatoms. The van der Waals surface area contributed by atoms with Gasteiger partial charge in [0.1, 0.15) is 12.4 Å². The van der Waals surface area contributed by atoms with Crippen molar-refractivity contribution < 1.29 is 14.3 Å². The van der Waals surface area contributed by atoms with E-state index < -0.39 is 0 Å². The SMILES string of the molecule is CC(C)CC(C)OCCOc1ccccc1C(=O)NN. The Morgan fingerprint density at radius 1 is 1.25 bits per heavy atom. The third-order valence-corrected chi connectivity index (χ3v) is 2.81. The van der Waals surface area contributed by atoms with Gasteiger partial charge in [-0.3, -0.25) is 10.2 Å². The lowest BCUT2D eigenvalue weighted by atomic mass is 10.1. The Morgan fingerprint density at radius 2 is 1.95 bits per heavy atom. The van der Waals surface area contributed by atoms with Crippen LogP contribution in [-0.4, -0.2) is 25.2 Å². The van der Waals surface area contributed by atoms with Gasteiger partial charge in [-0.2, -0.15) is 0 Å². The van der Waals surface area contributed by atoms with Crippen LogP contribution in [-0.2, 0) is 4.74 Å². The third kappa shape index (κ3) is 5.59. The fraction of sp³-hybridized carbons (Fsp3) is 0.533. The van der Waals surface area contributed by atoms with Crippen LogP contribution in [0.3, 0.4) is 0 Å². The zero-order valence-electron chi connectivity index (χ0n) is 12.4. The average molecular weight is 280 g/mol. The molecule has 5 nitrogen and oxygen atoms in total. The summed E-state index contributed by atoms with van der Waals surface area (Å²) in [5.41, 5.74) is 2.52. The van der Waals surface area contributed by atoms with E-state index in [0.717, 1.165) is 6.42 Å². The molecule has 112 valence electrons. The second-order valence-electron chi connectivity index (χ2n) is 5.13. The number of para-hydroxylation sites is 1. The first-order valence-electron chi connectivity index (χ1n) is 6.89. The van der Waals surface area contributed by atoms with Crippen LogP contribution in [0.1, 0.15) is 37.6 Å². The normalized spacial score (nSPS) is 12.2. The monoisotopic (exact) mass is 280 g/mol. The van der Waals surface area contributed by atoms with E-state index in [1.807, 2.05) is 6.07 Å². The Labute approximate surface area is 120 Å².